The van der Waals surface area contributed by atoms with Crippen molar-refractivity contribution >= 4 is 23.3 Å². The number of benzene rings is 3. The van der Waals surface area contributed by atoms with Gasteiger partial charge in [0.15, 0.2) is 0 Å². The lowest BCUT2D eigenvalue weighted by Crippen LogP contribution is -1.94. The minimum Gasteiger partial charge on any atom is -0.489 e. The highest BCUT2D eigenvalue weighted by molar-refractivity contribution is 6.32. The van der Waals surface area contributed by atoms with E-state index in [0.29, 0.717) is 17.2 Å². The minimum atomic E-state index is 0.527. The van der Waals surface area contributed by atoms with Crippen LogP contribution in [0.25, 0.3) is 11.6 Å². The van der Waals surface area contributed by atoms with Crippen molar-refractivity contribution in [3.8, 4) is 11.8 Å². The number of hydrogen-bond donors (Lipinski definition) is 0. The third-order valence-corrected chi connectivity index (χ3v) is 4.05. The molecule has 0 bridgehead atoms. The molecular formula is C22H16ClNO. The molecule has 0 saturated carbocycles. The summed E-state index contributed by atoms with van der Waals surface area (Å²) in [7, 11) is 0. The van der Waals surface area contributed by atoms with Crippen molar-refractivity contribution in [3.05, 3.63) is 101 Å². The first-order valence-electron chi connectivity index (χ1n) is 7.90. The Hall–Kier alpha value is -3.02. The van der Waals surface area contributed by atoms with Gasteiger partial charge in [0, 0.05) is 10.6 Å². The van der Waals surface area contributed by atoms with Gasteiger partial charge in [0.25, 0.3) is 0 Å². The van der Waals surface area contributed by atoms with Crippen LogP contribution < -0.4 is 4.74 Å². The Bertz CT molecular complexity index is 909. The lowest BCUT2D eigenvalue weighted by atomic mass is 10.0. The third-order valence-electron chi connectivity index (χ3n) is 3.72. The van der Waals surface area contributed by atoms with Gasteiger partial charge in [-0.1, -0.05) is 72.3 Å². The van der Waals surface area contributed by atoms with E-state index in [1.54, 1.807) is 6.07 Å². The van der Waals surface area contributed by atoms with E-state index < -0.39 is 0 Å². The van der Waals surface area contributed by atoms with E-state index in [0.717, 1.165) is 22.4 Å². The highest BCUT2D eigenvalue weighted by atomic mass is 35.5. The Balaban J connectivity index is 1.73. The summed E-state index contributed by atoms with van der Waals surface area (Å²) in [5, 5.41) is 10.00. The molecule has 0 heterocycles. The molecule has 0 radical (unpaired) electrons. The van der Waals surface area contributed by atoms with Crippen molar-refractivity contribution in [3.63, 3.8) is 0 Å². The molecule has 3 rings (SSSR count). The SMILES string of the molecule is N#CC(=Cc1ccc(OCc2ccccc2)cc1)c1ccccc1Cl. The van der Waals surface area contributed by atoms with Gasteiger partial charge in [0.2, 0.25) is 0 Å². The van der Waals surface area contributed by atoms with Crippen molar-refractivity contribution in [2.45, 2.75) is 6.61 Å². The third kappa shape index (κ3) is 4.50. The van der Waals surface area contributed by atoms with Crippen molar-refractivity contribution in [1.82, 2.24) is 0 Å². The second-order valence-electron chi connectivity index (χ2n) is 5.49. The van der Waals surface area contributed by atoms with Gasteiger partial charge in [-0.2, -0.15) is 5.26 Å². The lowest BCUT2D eigenvalue weighted by molar-refractivity contribution is 0.306. The summed E-state index contributed by atoms with van der Waals surface area (Å²) in [6.07, 6.45) is 1.82. The first kappa shape index (κ1) is 16.8. The zero-order valence-corrected chi connectivity index (χ0v) is 14.3. The molecule has 0 amide bonds. The predicted molar refractivity (Wildman–Crippen MR) is 102 cm³/mol. The standard InChI is InChI=1S/C22H16ClNO/c23-22-9-5-4-8-21(22)19(15-24)14-17-10-12-20(13-11-17)25-16-18-6-2-1-3-7-18/h1-14H,16H2. The van der Waals surface area contributed by atoms with E-state index >= 15 is 0 Å². The number of allylic oxidation sites excluding steroid dienone is 1. The van der Waals surface area contributed by atoms with Gasteiger partial charge in [-0.3, -0.25) is 0 Å². The highest BCUT2D eigenvalue weighted by Gasteiger charge is 2.05. The fourth-order valence-electron chi connectivity index (χ4n) is 2.42. The summed E-state index contributed by atoms with van der Waals surface area (Å²) in [6.45, 7) is 0.527. The van der Waals surface area contributed by atoms with Crippen LogP contribution in [0.15, 0.2) is 78.9 Å². The van der Waals surface area contributed by atoms with E-state index in [1.165, 1.54) is 0 Å². The van der Waals surface area contributed by atoms with Gasteiger partial charge in [0.1, 0.15) is 12.4 Å². The largest absolute Gasteiger partial charge is 0.489 e. The molecule has 0 aliphatic rings. The normalized spacial score (nSPS) is 11.0. The Labute approximate surface area is 152 Å². The van der Waals surface area contributed by atoms with Crippen LogP contribution in [0.5, 0.6) is 5.75 Å². The highest BCUT2D eigenvalue weighted by Crippen LogP contribution is 2.25. The Kier molecular flexibility index (Phi) is 5.51. The topological polar surface area (TPSA) is 33.0 Å². The van der Waals surface area contributed by atoms with Crippen molar-refractivity contribution in [2.24, 2.45) is 0 Å². The molecule has 3 aromatic carbocycles. The molecule has 122 valence electrons. The van der Waals surface area contributed by atoms with Crippen LogP contribution in [-0.2, 0) is 6.61 Å². The molecule has 3 heteroatoms. The fraction of sp³-hybridized carbons (Fsp3) is 0.0455. The van der Waals surface area contributed by atoms with Crippen LogP contribution in [0.1, 0.15) is 16.7 Å². The molecule has 0 spiro atoms. The zero-order chi connectivity index (χ0) is 17.5. The summed E-state index contributed by atoms with van der Waals surface area (Å²) >= 11 is 6.18. The summed E-state index contributed by atoms with van der Waals surface area (Å²) in [4.78, 5) is 0. The Morgan fingerprint density at radius 1 is 0.920 bits per heavy atom. The van der Waals surface area contributed by atoms with Gasteiger partial charge in [0.05, 0.1) is 11.6 Å². The smallest absolute Gasteiger partial charge is 0.119 e. The number of halogens is 1. The summed E-state index contributed by atoms with van der Waals surface area (Å²) < 4.78 is 5.78. The maximum absolute atomic E-state index is 9.43. The van der Waals surface area contributed by atoms with Crippen molar-refractivity contribution < 1.29 is 4.74 Å². The molecule has 0 aliphatic heterocycles. The fourth-order valence-corrected chi connectivity index (χ4v) is 2.66. The molecule has 0 N–H and O–H groups in total. The van der Waals surface area contributed by atoms with Crippen LogP contribution in [0, 0.1) is 11.3 Å². The summed E-state index contributed by atoms with van der Waals surface area (Å²) in [6, 6.07) is 27.2. The van der Waals surface area contributed by atoms with E-state index in [1.807, 2.05) is 78.9 Å². The summed E-state index contributed by atoms with van der Waals surface area (Å²) in [5.41, 5.74) is 3.31. The van der Waals surface area contributed by atoms with Gasteiger partial charge in [-0.15, -0.1) is 0 Å². The number of ether oxygens (including phenoxy) is 1. The number of hydrogen-bond acceptors (Lipinski definition) is 2. The summed E-state index contributed by atoms with van der Waals surface area (Å²) in [5.74, 6) is 0.789. The first-order valence-corrected chi connectivity index (χ1v) is 8.27. The maximum atomic E-state index is 9.43. The molecule has 0 atom stereocenters. The minimum absolute atomic E-state index is 0.527. The van der Waals surface area contributed by atoms with E-state index in [4.69, 9.17) is 16.3 Å². The monoisotopic (exact) mass is 345 g/mol. The van der Waals surface area contributed by atoms with Crippen LogP contribution in [0.4, 0.5) is 0 Å². The van der Waals surface area contributed by atoms with E-state index in [-0.39, 0.29) is 0 Å². The molecule has 0 aromatic heterocycles. The zero-order valence-electron chi connectivity index (χ0n) is 13.5. The van der Waals surface area contributed by atoms with Crippen molar-refractivity contribution in [1.29, 1.82) is 5.26 Å². The van der Waals surface area contributed by atoms with Gasteiger partial charge >= 0.3 is 0 Å². The molecular weight excluding hydrogens is 330 g/mol. The van der Waals surface area contributed by atoms with Crippen LogP contribution >= 0.6 is 11.6 Å². The molecule has 0 fully saturated rings. The van der Waals surface area contributed by atoms with Gasteiger partial charge in [-0.05, 0) is 35.4 Å². The van der Waals surface area contributed by atoms with Crippen LogP contribution in [-0.4, -0.2) is 0 Å². The number of nitriles is 1. The van der Waals surface area contributed by atoms with Crippen LogP contribution in [0.3, 0.4) is 0 Å². The molecule has 3 aromatic rings. The molecule has 0 unspecified atom stereocenters. The van der Waals surface area contributed by atoms with E-state index in [9.17, 15) is 5.26 Å². The van der Waals surface area contributed by atoms with Crippen LogP contribution in [0.2, 0.25) is 5.02 Å². The Morgan fingerprint density at radius 3 is 2.28 bits per heavy atom. The second-order valence-corrected chi connectivity index (χ2v) is 5.90. The van der Waals surface area contributed by atoms with E-state index in [2.05, 4.69) is 6.07 Å². The lowest BCUT2D eigenvalue weighted by Gasteiger charge is -2.07. The molecule has 2 nitrogen and oxygen atoms in total. The number of rotatable bonds is 5. The molecule has 25 heavy (non-hydrogen) atoms. The van der Waals surface area contributed by atoms with Gasteiger partial charge in [-0.25, -0.2) is 0 Å². The van der Waals surface area contributed by atoms with Gasteiger partial charge < -0.3 is 4.74 Å². The maximum Gasteiger partial charge on any atom is 0.119 e. The average Bonchev–Trinajstić information content (AvgIpc) is 2.67. The molecule has 0 saturated heterocycles. The quantitative estimate of drug-likeness (QED) is 0.420. The first-order chi connectivity index (χ1) is 12.3. The predicted octanol–water partition coefficient (Wildman–Crippen LogP) is 5.98. The van der Waals surface area contributed by atoms with Crippen molar-refractivity contribution in [2.75, 3.05) is 0 Å². The Morgan fingerprint density at radius 2 is 1.60 bits per heavy atom. The average molecular weight is 346 g/mol. The second kappa shape index (κ2) is 8.19. The molecule has 0 aliphatic carbocycles. The number of nitrogens with zero attached hydrogens (tertiary/aromatic N) is 1.